The van der Waals surface area contributed by atoms with Crippen LogP contribution < -0.4 is 11.1 Å². The number of halogens is 2. The molecule has 1 amide bonds. The molecule has 1 heterocycles. The summed E-state index contributed by atoms with van der Waals surface area (Å²) in [6.07, 6.45) is 6.22. The number of imidazole rings is 1. The number of aromatic nitrogens is 2. The highest BCUT2D eigenvalue weighted by Crippen LogP contribution is 2.15. The summed E-state index contributed by atoms with van der Waals surface area (Å²) in [5.74, 6) is -0.595. The highest BCUT2D eigenvalue weighted by molar-refractivity contribution is 5.85. The van der Waals surface area contributed by atoms with Crippen LogP contribution in [0.25, 0.3) is 5.69 Å². The molecule has 2 aromatic rings. The fourth-order valence-electron chi connectivity index (χ4n) is 2.29. The maximum absolute atomic E-state index is 14.1. The molecule has 0 fully saturated rings. The first-order chi connectivity index (χ1) is 10.4. The highest BCUT2D eigenvalue weighted by atomic mass is 35.5. The van der Waals surface area contributed by atoms with Gasteiger partial charge in [0, 0.05) is 18.9 Å². The Morgan fingerprint density at radius 2 is 2.22 bits per heavy atom. The van der Waals surface area contributed by atoms with Gasteiger partial charge in [0.2, 0.25) is 5.91 Å². The summed E-state index contributed by atoms with van der Waals surface area (Å²) in [5.41, 5.74) is 6.16. The lowest BCUT2D eigenvalue weighted by molar-refractivity contribution is -0.126. The maximum atomic E-state index is 14.1. The van der Waals surface area contributed by atoms with E-state index in [1.165, 1.54) is 12.4 Å². The Morgan fingerprint density at radius 1 is 1.48 bits per heavy atom. The molecule has 3 N–H and O–H groups in total. The van der Waals surface area contributed by atoms with E-state index in [9.17, 15) is 9.18 Å². The molecule has 0 radical (unpaired) electrons. The number of rotatable bonds is 6. The molecule has 126 valence electrons. The molecule has 23 heavy (non-hydrogen) atoms. The molecule has 0 spiro atoms. The van der Waals surface area contributed by atoms with Crippen molar-refractivity contribution in [1.29, 1.82) is 0 Å². The first-order valence-corrected chi connectivity index (χ1v) is 7.28. The Labute approximate surface area is 141 Å². The molecule has 1 aromatic carbocycles. The van der Waals surface area contributed by atoms with E-state index in [0.29, 0.717) is 17.7 Å². The van der Waals surface area contributed by atoms with E-state index < -0.39 is 5.54 Å². The minimum Gasteiger partial charge on any atom is -0.350 e. The molecule has 7 heteroatoms. The SMILES string of the molecule is CCCC(C)(N)C(=O)NCc1ccc(-n2ccnc2)c(F)c1.Cl. The van der Waals surface area contributed by atoms with Gasteiger partial charge in [0.1, 0.15) is 5.82 Å². The number of nitrogens with one attached hydrogen (secondary N) is 1. The van der Waals surface area contributed by atoms with Gasteiger partial charge >= 0.3 is 0 Å². The summed E-state index contributed by atoms with van der Waals surface area (Å²) in [7, 11) is 0. The molecule has 0 saturated carbocycles. The Hall–Kier alpha value is -1.92. The summed E-state index contributed by atoms with van der Waals surface area (Å²) < 4.78 is 15.7. The summed E-state index contributed by atoms with van der Waals surface area (Å²) in [6, 6.07) is 4.84. The van der Waals surface area contributed by atoms with E-state index in [4.69, 9.17) is 5.73 Å². The lowest BCUT2D eigenvalue weighted by atomic mass is 9.96. The van der Waals surface area contributed by atoms with Crippen LogP contribution >= 0.6 is 12.4 Å². The van der Waals surface area contributed by atoms with Gasteiger partial charge in [0.25, 0.3) is 0 Å². The zero-order valence-electron chi connectivity index (χ0n) is 13.3. The van der Waals surface area contributed by atoms with Crippen molar-refractivity contribution in [2.24, 2.45) is 5.73 Å². The van der Waals surface area contributed by atoms with Crippen molar-refractivity contribution in [3.05, 3.63) is 48.3 Å². The summed E-state index contributed by atoms with van der Waals surface area (Å²) >= 11 is 0. The van der Waals surface area contributed by atoms with Crippen LogP contribution in [0, 0.1) is 5.82 Å². The highest BCUT2D eigenvalue weighted by Gasteiger charge is 2.26. The summed E-state index contributed by atoms with van der Waals surface area (Å²) in [6.45, 7) is 3.92. The third-order valence-corrected chi connectivity index (χ3v) is 3.54. The van der Waals surface area contributed by atoms with Crippen molar-refractivity contribution in [2.45, 2.75) is 38.8 Å². The smallest absolute Gasteiger partial charge is 0.240 e. The normalized spacial score (nSPS) is 13.0. The van der Waals surface area contributed by atoms with Gasteiger partial charge < -0.3 is 15.6 Å². The lowest BCUT2D eigenvalue weighted by Crippen LogP contribution is -2.51. The average Bonchev–Trinajstić information content (AvgIpc) is 2.98. The van der Waals surface area contributed by atoms with Crippen molar-refractivity contribution in [3.63, 3.8) is 0 Å². The number of amides is 1. The number of carbonyl (C=O) groups is 1. The maximum Gasteiger partial charge on any atom is 0.240 e. The van der Waals surface area contributed by atoms with Crippen LogP contribution in [0.1, 0.15) is 32.3 Å². The Morgan fingerprint density at radius 3 is 2.78 bits per heavy atom. The van der Waals surface area contributed by atoms with Gasteiger partial charge in [-0.15, -0.1) is 12.4 Å². The van der Waals surface area contributed by atoms with Crippen molar-refractivity contribution >= 4 is 18.3 Å². The number of nitrogens with two attached hydrogens (primary N) is 1. The molecular formula is C16H22ClFN4O. The molecule has 2 rings (SSSR count). The van der Waals surface area contributed by atoms with E-state index in [1.807, 2.05) is 6.92 Å². The van der Waals surface area contributed by atoms with Gasteiger partial charge in [-0.2, -0.15) is 0 Å². The monoisotopic (exact) mass is 340 g/mol. The predicted molar refractivity (Wildman–Crippen MR) is 90.1 cm³/mol. The minimum absolute atomic E-state index is 0. The lowest BCUT2D eigenvalue weighted by Gasteiger charge is -2.22. The standard InChI is InChI=1S/C16H21FN4O.ClH/c1-3-6-16(2,18)15(22)20-10-12-4-5-14(13(17)9-12)21-8-7-19-11-21;/h4-5,7-9,11H,3,6,10,18H2,1-2H3,(H,20,22);1H. The summed E-state index contributed by atoms with van der Waals surface area (Å²) in [5, 5.41) is 2.76. The number of carbonyl (C=O) groups excluding carboxylic acids is 1. The fraction of sp³-hybridized carbons (Fsp3) is 0.375. The number of nitrogens with zero attached hydrogens (tertiary/aromatic N) is 2. The van der Waals surface area contributed by atoms with Crippen molar-refractivity contribution in [3.8, 4) is 5.69 Å². The molecule has 1 unspecified atom stereocenters. The molecule has 1 atom stereocenters. The Bertz CT molecular complexity index is 644. The second-order valence-electron chi connectivity index (χ2n) is 5.61. The Balaban J connectivity index is 0.00000264. The van der Waals surface area contributed by atoms with E-state index in [1.54, 1.807) is 36.0 Å². The quantitative estimate of drug-likeness (QED) is 0.848. The third kappa shape index (κ3) is 4.77. The van der Waals surface area contributed by atoms with E-state index >= 15 is 0 Å². The second kappa shape index (κ2) is 8.08. The van der Waals surface area contributed by atoms with Gasteiger partial charge in [-0.1, -0.05) is 19.4 Å². The molecule has 0 saturated heterocycles. The average molecular weight is 341 g/mol. The van der Waals surface area contributed by atoms with Crippen molar-refractivity contribution < 1.29 is 9.18 Å². The predicted octanol–water partition coefficient (Wildman–Crippen LogP) is 2.57. The zero-order chi connectivity index (χ0) is 16.2. The topological polar surface area (TPSA) is 72.9 Å². The van der Waals surface area contributed by atoms with Crippen molar-refractivity contribution in [1.82, 2.24) is 14.9 Å². The molecule has 0 aliphatic rings. The first-order valence-electron chi connectivity index (χ1n) is 7.28. The molecule has 0 aliphatic heterocycles. The van der Waals surface area contributed by atoms with E-state index in [-0.39, 0.29) is 30.7 Å². The van der Waals surface area contributed by atoms with E-state index in [0.717, 1.165) is 6.42 Å². The van der Waals surface area contributed by atoms with Crippen LogP contribution in [0.3, 0.4) is 0 Å². The summed E-state index contributed by atoms with van der Waals surface area (Å²) in [4.78, 5) is 15.9. The van der Waals surface area contributed by atoms with Crippen LogP contribution in [0.15, 0.2) is 36.9 Å². The zero-order valence-corrected chi connectivity index (χ0v) is 14.1. The fourth-order valence-corrected chi connectivity index (χ4v) is 2.29. The van der Waals surface area contributed by atoms with Gasteiger partial charge in [0.05, 0.1) is 17.6 Å². The van der Waals surface area contributed by atoms with Crippen LogP contribution in [-0.2, 0) is 11.3 Å². The van der Waals surface area contributed by atoms with Crippen molar-refractivity contribution in [2.75, 3.05) is 0 Å². The third-order valence-electron chi connectivity index (χ3n) is 3.54. The van der Waals surface area contributed by atoms with Crippen LogP contribution in [0.2, 0.25) is 0 Å². The van der Waals surface area contributed by atoms with Gasteiger partial charge in [0.15, 0.2) is 0 Å². The van der Waals surface area contributed by atoms with Crippen LogP contribution in [0.5, 0.6) is 0 Å². The van der Waals surface area contributed by atoms with Gasteiger partial charge in [-0.25, -0.2) is 9.37 Å². The Kier molecular flexibility index (Phi) is 6.72. The van der Waals surface area contributed by atoms with Crippen LogP contribution in [0.4, 0.5) is 4.39 Å². The second-order valence-corrected chi connectivity index (χ2v) is 5.61. The van der Waals surface area contributed by atoms with E-state index in [2.05, 4.69) is 10.3 Å². The number of hydrogen-bond acceptors (Lipinski definition) is 3. The van der Waals surface area contributed by atoms with Crippen LogP contribution in [-0.4, -0.2) is 21.0 Å². The molecule has 0 aliphatic carbocycles. The van der Waals surface area contributed by atoms with Gasteiger partial charge in [-0.05, 0) is 31.0 Å². The molecule has 0 bridgehead atoms. The van der Waals surface area contributed by atoms with Gasteiger partial charge in [-0.3, -0.25) is 4.79 Å². The first kappa shape index (κ1) is 19.1. The molecule has 5 nitrogen and oxygen atoms in total. The number of benzene rings is 1. The largest absolute Gasteiger partial charge is 0.350 e. The minimum atomic E-state index is -0.899. The number of hydrogen-bond donors (Lipinski definition) is 2. The molecular weight excluding hydrogens is 319 g/mol. The molecule has 1 aromatic heterocycles.